The van der Waals surface area contributed by atoms with Gasteiger partial charge in [-0.1, -0.05) is 19.5 Å². The first kappa shape index (κ1) is 9.58. The van der Waals surface area contributed by atoms with Crippen molar-refractivity contribution in [2.24, 2.45) is 5.92 Å². The molecule has 0 atom stereocenters. The Bertz CT molecular complexity index is 164. The Labute approximate surface area is 73.8 Å². The summed E-state index contributed by atoms with van der Waals surface area (Å²) in [6, 6.07) is 0. The predicted octanol–water partition coefficient (Wildman–Crippen LogP) is 1.37. The van der Waals surface area contributed by atoms with E-state index in [0.717, 1.165) is 37.3 Å². The SMILES string of the molecule is CB1CCC(C(=O)N(C)O)CC1. The molecule has 0 aromatic heterocycles. The van der Waals surface area contributed by atoms with Gasteiger partial charge in [0.05, 0.1) is 0 Å². The average Bonchev–Trinajstić information content (AvgIpc) is 2.04. The highest BCUT2D eigenvalue weighted by molar-refractivity contribution is 6.57. The molecule has 1 fully saturated rings. The van der Waals surface area contributed by atoms with Gasteiger partial charge in [-0.05, 0) is 12.8 Å². The maximum atomic E-state index is 11.3. The fraction of sp³-hybridized carbons (Fsp3) is 0.875. The zero-order valence-electron chi connectivity index (χ0n) is 7.79. The van der Waals surface area contributed by atoms with E-state index in [9.17, 15) is 4.79 Å². The predicted molar refractivity (Wildman–Crippen MR) is 48.5 cm³/mol. The van der Waals surface area contributed by atoms with Crippen LogP contribution < -0.4 is 0 Å². The van der Waals surface area contributed by atoms with E-state index in [4.69, 9.17) is 5.21 Å². The molecule has 3 nitrogen and oxygen atoms in total. The third-order valence-electron chi connectivity index (χ3n) is 2.68. The summed E-state index contributed by atoms with van der Waals surface area (Å²) in [6.45, 7) is 2.96. The first-order chi connectivity index (χ1) is 5.61. The van der Waals surface area contributed by atoms with Gasteiger partial charge in [-0.3, -0.25) is 10.0 Å². The summed E-state index contributed by atoms with van der Waals surface area (Å²) in [7, 11) is 1.40. The molecule has 1 aliphatic rings. The minimum absolute atomic E-state index is 0.0659. The molecule has 0 spiro atoms. The molecule has 0 bridgehead atoms. The summed E-state index contributed by atoms with van der Waals surface area (Å²) in [4.78, 5) is 11.3. The number of amides is 1. The van der Waals surface area contributed by atoms with Crippen molar-refractivity contribution in [3.05, 3.63) is 0 Å². The molecule has 0 unspecified atom stereocenters. The summed E-state index contributed by atoms with van der Waals surface area (Å²) in [6.07, 6.45) is 4.10. The fourth-order valence-electron chi connectivity index (χ4n) is 1.77. The van der Waals surface area contributed by atoms with Crippen molar-refractivity contribution in [2.45, 2.75) is 32.3 Å². The van der Waals surface area contributed by atoms with Crippen molar-refractivity contribution in [2.75, 3.05) is 7.05 Å². The second kappa shape index (κ2) is 3.94. The van der Waals surface area contributed by atoms with Gasteiger partial charge in [-0.15, -0.1) is 0 Å². The Kier molecular flexibility index (Phi) is 3.15. The van der Waals surface area contributed by atoms with Crippen LogP contribution in [0.5, 0.6) is 0 Å². The number of rotatable bonds is 1. The third-order valence-corrected chi connectivity index (χ3v) is 2.68. The lowest BCUT2D eigenvalue weighted by Gasteiger charge is -2.25. The van der Waals surface area contributed by atoms with Crippen LogP contribution in [0.3, 0.4) is 0 Å². The smallest absolute Gasteiger partial charge is 0.248 e. The van der Waals surface area contributed by atoms with Gasteiger partial charge in [-0.2, -0.15) is 0 Å². The van der Waals surface area contributed by atoms with Gasteiger partial charge in [0, 0.05) is 13.0 Å². The van der Waals surface area contributed by atoms with Crippen molar-refractivity contribution in [3.63, 3.8) is 0 Å². The first-order valence-corrected chi connectivity index (χ1v) is 4.57. The molecule has 1 rings (SSSR count). The van der Waals surface area contributed by atoms with Gasteiger partial charge in [0.1, 0.15) is 6.71 Å². The molecule has 1 N–H and O–H groups in total. The quantitative estimate of drug-likeness (QED) is 0.365. The Morgan fingerprint density at radius 3 is 2.42 bits per heavy atom. The van der Waals surface area contributed by atoms with Crippen molar-refractivity contribution in [1.82, 2.24) is 5.06 Å². The monoisotopic (exact) mass is 169 g/mol. The van der Waals surface area contributed by atoms with Crippen LogP contribution in [-0.4, -0.2) is 29.9 Å². The lowest BCUT2D eigenvalue weighted by atomic mass is 9.42. The highest BCUT2D eigenvalue weighted by atomic mass is 16.5. The maximum absolute atomic E-state index is 11.3. The molecule has 0 radical (unpaired) electrons. The highest BCUT2D eigenvalue weighted by Crippen LogP contribution is 2.25. The highest BCUT2D eigenvalue weighted by Gasteiger charge is 2.27. The molecule has 0 aliphatic carbocycles. The van der Waals surface area contributed by atoms with E-state index in [0.29, 0.717) is 0 Å². The Hall–Kier alpha value is -0.505. The van der Waals surface area contributed by atoms with E-state index in [2.05, 4.69) is 6.82 Å². The lowest BCUT2D eigenvalue weighted by Crippen LogP contribution is -2.33. The fourth-order valence-corrected chi connectivity index (χ4v) is 1.77. The molecule has 12 heavy (non-hydrogen) atoms. The van der Waals surface area contributed by atoms with Gasteiger partial charge < -0.3 is 0 Å². The van der Waals surface area contributed by atoms with E-state index < -0.39 is 0 Å². The van der Waals surface area contributed by atoms with Crippen LogP contribution in [0, 0.1) is 5.92 Å². The normalized spacial score (nSPS) is 19.4. The van der Waals surface area contributed by atoms with Crippen LogP contribution in [0.4, 0.5) is 0 Å². The van der Waals surface area contributed by atoms with Crippen LogP contribution in [0.15, 0.2) is 0 Å². The van der Waals surface area contributed by atoms with Crippen molar-refractivity contribution < 1.29 is 10.0 Å². The van der Waals surface area contributed by atoms with Crippen molar-refractivity contribution >= 4 is 12.6 Å². The lowest BCUT2D eigenvalue weighted by molar-refractivity contribution is -0.164. The first-order valence-electron chi connectivity index (χ1n) is 4.57. The molecule has 0 saturated carbocycles. The Morgan fingerprint density at radius 1 is 1.50 bits per heavy atom. The maximum Gasteiger partial charge on any atom is 0.248 e. The van der Waals surface area contributed by atoms with E-state index in [1.807, 2.05) is 0 Å². The summed E-state index contributed by atoms with van der Waals surface area (Å²) < 4.78 is 0. The standard InChI is InChI=1S/C8H16BNO2/c1-9-5-3-7(4-6-9)8(11)10(2)12/h7,12H,3-6H2,1-2H3. The summed E-state index contributed by atoms with van der Waals surface area (Å²) in [5, 5.41) is 9.65. The molecule has 4 heteroatoms. The molecular formula is C8H16BNO2. The van der Waals surface area contributed by atoms with Gasteiger partial charge in [0.25, 0.3) is 0 Å². The summed E-state index contributed by atoms with van der Waals surface area (Å²) in [5.41, 5.74) is 0. The van der Waals surface area contributed by atoms with Crippen molar-refractivity contribution in [3.8, 4) is 0 Å². The molecule has 1 amide bonds. The molecule has 0 aromatic rings. The van der Waals surface area contributed by atoms with E-state index >= 15 is 0 Å². The third kappa shape index (κ3) is 2.24. The number of hydrogen-bond donors (Lipinski definition) is 1. The van der Waals surface area contributed by atoms with Crippen LogP contribution in [-0.2, 0) is 4.79 Å². The second-order valence-corrected chi connectivity index (χ2v) is 3.82. The zero-order valence-corrected chi connectivity index (χ0v) is 7.79. The van der Waals surface area contributed by atoms with Crippen LogP contribution in [0.25, 0.3) is 0 Å². The molecule has 68 valence electrons. The molecule has 1 aliphatic heterocycles. The molecule has 1 heterocycles. The Balaban J connectivity index is 2.39. The van der Waals surface area contributed by atoms with Crippen LogP contribution >= 0.6 is 0 Å². The Morgan fingerprint density at radius 2 is 2.00 bits per heavy atom. The van der Waals surface area contributed by atoms with E-state index in [1.54, 1.807) is 0 Å². The van der Waals surface area contributed by atoms with Crippen LogP contribution in [0.1, 0.15) is 12.8 Å². The number of carbonyl (C=O) groups excluding carboxylic acids is 1. The van der Waals surface area contributed by atoms with Gasteiger partial charge >= 0.3 is 0 Å². The topological polar surface area (TPSA) is 40.5 Å². The summed E-state index contributed by atoms with van der Waals surface area (Å²) in [5.74, 6) is -0.0573. The van der Waals surface area contributed by atoms with Gasteiger partial charge in [0.2, 0.25) is 5.91 Å². The minimum atomic E-state index is -0.123. The number of nitrogens with zero attached hydrogens (tertiary/aromatic N) is 1. The van der Waals surface area contributed by atoms with Crippen molar-refractivity contribution in [1.29, 1.82) is 0 Å². The van der Waals surface area contributed by atoms with Crippen LogP contribution in [0.2, 0.25) is 19.5 Å². The molecule has 0 aromatic carbocycles. The second-order valence-electron chi connectivity index (χ2n) is 3.82. The molecular weight excluding hydrogens is 153 g/mol. The number of hydroxylamine groups is 2. The van der Waals surface area contributed by atoms with E-state index in [1.165, 1.54) is 7.05 Å². The molecule has 1 saturated heterocycles. The minimum Gasteiger partial charge on any atom is -0.286 e. The van der Waals surface area contributed by atoms with E-state index in [-0.39, 0.29) is 11.8 Å². The average molecular weight is 169 g/mol. The number of hydrogen-bond acceptors (Lipinski definition) is 2. The zero-order chi connectivity index (χ0) is 9.14. The van der Waals surface area contributed by atoms with Gasteiger partial charge in [-0.25, -0.2) is 5.06 Å². The largest absolute Gasteiger partial charge is 0.286 e. The summed E-state index contributed by atoms with van der Waals surface area (Å²) >= 11 is 0. The number of carbonyl (C=O) groups is 1. The van der Waals surface area contributed by atoms with Gasteiger partial charge in [0.15, 0.2) is 0 Å².